The van der Waals surface area contributed by atoms with Gasteiger partial charge in [-0.1, -0.05) is 12.1 Å². The molecule has 2 rings (SSSR count). The van der Waals surface area contributed by atoms with Crippen LogP contribution in [0.4, 0.5) is 8.78 Å². The molecule has 0 aromatic heterocycles. The number of alkyl halides is 2. The number of rotatable bonds is 6. The number of carbonyl (C=O) groups excluding carboxylic acids is 2. The minimum absolute atomic E-state index is 0.108. The molecule has 0 aliphatic carbocycles. The fourth-order valence-corrected chi connectivity index (χ4v) is 2.74. The van der Waals surface area contributed by atoms with Gasteiger partial charge in [-0.05, 0) is 42.0 Å². The van der Waals surface area contributed by atoms with Crippen molar-refractivity contribution in [1.82, 2.24) is 5.32 Å². The molecule has 9 heteroatoms. The molecular weight excluding hydrogens is 354 g/mol. The minimum atomic E-state index is -4.70. The molecule has 0 unspecified atom stereocenters. The zero-order valence-electron chi connectivity index (χ0n) is 12.8. The summed E-state index contributed by atoms with van der Waals surface area (Å²) in [5.41, 5.74) is 6.22. The largest absolute Gasteiger partial charge is 0.366 e. The number of carbonyl (C=O) groups is 2. The Morgan fingerprint density at radius 1 is 1.04 bits per heavy atom. The minimum Gasteiger partial charge on any atom is -0.366 e. The van der Waals surface area contributed by atoms with Crippen molar-refractivity contribution in [2.45, 2.75) is 17.2 Å². The maximum atomic E-state index is 12.5. The van der Waals surface area contributed by atoms with E-state index in [0.717, 1.165) is 24.3 Å². The Morgan fingerprint density at radius 3 is 2.24 bits per heavy atom. The average Bonchev–Trinajstić information content (AvgIpc) is 2.59. The van der Waals surface area contributed by atoms with E-state index in [0.29, 0.717) is 11.1 Å². The molecule has 0 atom stereocenters. The lowest BCUT2D eigenvalue weighted by Crippen LogP contribution is -2.23. The summed E-state index contributed by atoms with van der Waals surface area (Å²) in [5, 5.41) is 2.57. The van der Waals surface area contributed by atoms with Crippen LogP contribution in [0.1, 0.15) is 26.3 Å². The van der Waals surface area contributed by atoms with Gasteiger partial charge in [0.15, 0.2) is 0 Å². The van der Waals surface area contributed by atoms with Crippen molar-refractivity contribution in [2.24, 2.45) is 5.73 Å². The van der Waals surface area contributed by atoms with Crippen LogP contribution in [-0.2, 0) is 16.4 Å². The highest BCUT2D eigenvalue weighted by molar-refractivity contribution is 7.91. The number of nitrogens with two attached hydrogens (primary N) is 1. The first-order valence-electron chi connectivity index (χ1n) is 7.01. The van der Waals surface area contributed by atoms with Crippen LogP contribution in [0.2, 0.25) is 0 Å². The zero-order chi connectivity index (χ0) is 18.6. The van der Waals surface area contributed by atoms with E-state index >= 15 is 0 Å². The van der Waals surface area contributed by atoms with Crippen LogP contribution in [0.25, 0.3) is 0 Å². The summed E-state index contributed by atoms with van der Waals surface area (Å²) in [5.74, 6) is -4.64. The fourth-order valence-electron chi connectivity index (χ4n) is 2.02. The molecule has 0 aliphatic heterocycles. The summed E-state index contributed by atoms with van der Waals surface area (Å²) in [7, 11) is -4.70. The van der Waals surface area contributed by atoms with E-state index in [2.05, 4.69) is 5.32 Å². The van der Waals surface area contributed by atoms with Crippen molar-refractivity contribution in [3.05, 3.63) is 65.2 Å². The fraction of sp³-hybridized carbons (Fsp3) is 0.125. The standard InChI is InChI=1S/C16H14F2N2O4S/c17-16(18)25(23,24)13-6-4-11(5-7-13)15(22)20-9-10-2-1-3-12(8-10)14(19)21/h1-8,16H,9H2,(H2,19,21)(H,20,22). The molecule has 25 heavy (non-hydrogen) atoms. The summed E-state index contributed by atoms with van der Waals surface area (Å²) >= 11 is 0. The van der Waals surface area contributed by atoms with Gasteiger partial charge in [-0.3, -0.25) is 9.59 Å². The molecule has 0 spiro atoms. The summed E-state index contributed by atoms with van der Waals surface area (Å²) in [6.45, 7) is 0.108. The number of sulfone groups is 1. The molecule has 2 aromatic carbocycles. The lowest BCUT2D eigenvalue weighted by atomic mass is 10.1. The van der Waals surface area contributed by atoms with Crippen LogP contribution in [0.3, 0.4) is 0 Å². The molecular formula is C16H14F2N2O4S. The third kappa shape index (κ3) is 4.38. The number of benzene rings is 2. The van der Waals surface area contributed by atoms with Gasteiger partial charge >= 0.3 is 5.76 Å². The van der Waals surface area contributed by atoms with Crippen LogP contribution in [0, 0.1) is 0 Å². The van der Waals surface area contributed by atoms with Gasteiger partial charge in [-0.15, -0.1) is 0 Å². The van der Waals surface area contributed by atoms with E-state index in [1.165, 1.54) is 12.1 Å². The van der Waals surface area contributed by atoms with Crippen molar-refractivity contribution < 1.29 is 26.8 Å². The van der Waals surface area contributed by atoms with Gasteiger partial charge in [0, 0.05) is 17.7 Å². The Labute approximate surface area is 142 Å². The van der Waals surface area contributed by atoms with Crippen molar-refractivity contribution >= 4 is 21.7 Å². The summed E-state index contributed by atoms with van der Waals surface area (Å²) in [6.07, 6.45) is 0. The summed E-state index contributed by atoms with van der Waals surface area (Å²) < 4.78 is 47.6. The number of amides is 2. The molecule has 2 amide bonds. The second kappa shape index (κ2) is 7.39. The second-order valence-corrected chi connectivity index (χ2v) is 7.00. The highest BCUT2D eigenvalue weighted by Gasteiger charge is 2.26. The highest BCUT2D eigenvalue weighted by atomic mass is 32.2. The SMILES string of the molecule is NC(=O)c1cccc(CNC(=O)c2ccc(S(=O)(=O)C(F)F)cc2)c1. The topological polar surface area (TPSA) is 106 Å². The molecule has 0 bridgehead atoms. The lowest BCUT2D eigenvalue weighted by Gasteiger charge is -2.07. The molecule has 0 radical (unpaired) electrons. The monoisotopic (exact) mass is 368 g/mol. The van der Waals surface area contributed by atoms with E-state index < -0.39 is 32.3 Å². The van der Waals surface area contributed by atoms with Crippen LogP contribution < -0.4 is 11.1 Å². The Morgan fingerprint density at radius 2 is 1.68 bits per heavy atom. The van der Waals surface area contributed by atoms with Gasteiger partial charge in [0.1, 0.15) is 0 Å². The molecule has 3 N–H and O–H groups in total. The quantitative estimate of drug-likeness (QED) is 0.809. The molecule has 0 aliphatic rings. The van der Waals surface area contributed by atoms with Crippen molar-refractivity contribution in [3.63, 3.8) is 0 Å². The number of nitrogens with one attached hydrogen (secondary N) is 1. The summed E-state index contributed by atoms with van der Waals surface area (Å²) in [6, 6.07) is 10.6. The maximum absolute atomic E-state index is 12.5. The Balaban J connectivity index is 2.07. The van der Waals surface area contributed by atoms with E-state index in [1.54, 1.807) is 12.1 Å². The van der Waals surface area contributed by atoms with E-state index in [1.807, 2.05) is 0 Å². The average molecular weight is 368 g/mol. The second-order valence-electron chi connectivity index (χ2n) is 5.08. The van der Waals surface area contributed by atoms with Gasteiger partial charge < -0.3 is 11.1 Å². The molecule has 0 heterocycles. The number of hydrogen-bond acceptors (Lipinski definition) is 4. The van der Waals surface area contributed by atoms with Crippen LogP contribution in [0.5, 0.6) is 0 Å². The first-order chi connectivity index (χ1) is 11.7. The zero-order valence-corrected chi connectivity index (χ0v) is 13.6. The third-order valence-electron chi connectivity index (χ3n) is 3.34. The van der Waals surface area contributed by atoms with Gasteiger partial charge in [-0.25, -0.2) is 8.42 Å². The van der Waals surface area contributed by atoms with Gasteiger partial charge in [0.25, 0.3) is 5.91 Å². The highest BCUT2D eigenvalue weighted by Crippen LogP contribution is 2.18. The van der Waals surface area contributed by atoms with E-state index in [9.17, 15) is 26.8 Å². The van der Waals surface area contributed by atoms with Gasteiger partial charge in [0.2, 0.25) is 15.7 Å². The van der Waals surface area contributed by atoms with E-state index in [4.69, 9.17) is 5.73 Å². The number of halogens is 2. The number of hydrogen-bond donors (Lipinski definition) is 2. The van der Waals surface area contributed by atoms with Gasteiger partial charge in [0.05, 0.1) is 4.90 Å². The molecule has 132 valence electrons. The van der Waals surface area contributed by atoms with Crippen molar-refractivity contribution in [2.75, 3.05) is 0 Å². The summed E-state index contributed by atoms with van der Waals surface area (Å²) in [4.78, 5) is 22.6. The van der Waals surface area contributed by atoms with Crippen LogP contribution in [0.15, 0.2) is 53.4 Å². The first-order valence-corrected chi connectivity index (χ1v) is 8.55. The van der Waals surface area contributed by atoms with Crippen LogP contribution in [-0.4, -0.2) is 26.0 Å². The predicted octanol–water partition coefficient (Wildman–Crippen LogP) is 1.71. The van der Waals surface area contributed by atoms with Crippen LogP contribution >= 0.6 is 0 Å². The predicted molar refractivity (Wildman–Crippen MR) is 85.8 cm³/mol. The van der Waals surface area contributed by atoms with Crippen molar-refractivity contribution in [3.8, 4) is 0 Å². The molecule has 0 fully saturated rings. The van der Waals surface area contributed by atoms with E-state index in [-0.39, 0.29) is 12.1 Å². The molecule has 0 saturated carbocycles. The molecule has 6 nitrogen and oxygen atoms in total. The lowest BCUT2D eigenvalue weighted by molar-refractivity contribution is 0.0950. The van der Waals surface area contributed by atoms with Crippen molar-refractivity contribution in [1.29, 1.82) is 0 Å². The third-order valence-corrected chi connectivity index (χ3v) is 4.74. The van der Waals surface area contributed by atoms with Gasteiger partial charge in [-0.2, -0.15) is 8.78 Å². The molecule has 0 saturated heterocycles. The Kier molecular flexibility index (Phi) is 5.48. The maximum Gasteiger partial charge on any atom is 0.341 e. The first kappa shape index (κ1) is 18.5. The smallest absolute Gasteiger partial charge is 0.341 e. The number of primary amides is 1. The normalized spacial score (nSPS) is 11.3. The molecule has 2 aromatic rings. The Hall–Kier alpha value is -2.81. The Bertz CT molecular complexity index is 897.